The van der Waals surface area contributed by atoms with Gasteiger partial charge in [-0.3, -0.25) is 4.79 Å². The van der Waals surface area contributed by atoms with E-state index in [-0.39, 0.29) is 11.7 Å². The molecular weight excluding hydrogens is 367 g/mol. The summed E-state index contributed by atoms with van der Waals surface area (Å²) in [6.07, 6.45) is 1.58. The van der Waals surface area contributed by atoms with Crippen molar-refractivity contribution < 1.29 is 9.18 Å². The van der Waals surface area contributed by atoms with Gasteiger partial charge in [0.1, 0.15) is 11.6 Å². The first-order valence-electron chi connectivity index (χ1n) is 9.68. The van der Waals surface area contributed by atoms with Gasteiger partial charge in [-0.15, -0.1) is 0 Å². The summed E-state index contributed by atoms with van der Waals surface area (Å²) in [7, 11) is 0. The fourth-order valence-corrected chi connectivity index (χ4v) is 3.46. The summed E-state index contributed by atoms with van der Waals surface area (Å²) >= 11 is 0. The number of halogens is 1. The minimum absolute atomic E-state index is 0.264. The van der Waals surface area contributed by atoms with Crippen LogP contribution in [-0.4, -0.2) is 37.1 Å². The lowest BCUT2D eigenvalue weighted by Crippen LogP contribution is -2.46. The van der Waals surface area contributed by atoms with Crippen LogP contribution in [0.15, 0.2) is 66.9 Å². The van der Waals surface area contributed by atoms with Gasteiger partial charge >= 0.3 is 0 Å². The van der Waals surface area contributed by atoms with Crippen molar-refractivity contribution in [3.05, 3.63) is 83.8 Å². The topological polar surface area (TPSA) is 48.5 Å². The molecule has 0 radical (unpaired) electrons. The van der Waals surface area contributed by atoms with E-state index in [2.05, 4.69) is 51.3 Å². The van der Waals surface area contributed by atoms with Gasteiger partial charge in [-0.1, -0.05) is 12.1 Å². The van der Waals surface area contributed by atoms with Crippen molar-refractivity contribution in [2.24, 2.45) is 0 Å². The average Bonchev–Trinajstić information content (AvgIpc) is 2.75. The van der Waals surface area contributed by atoms with Crippen LogP contribution in [0.5, 0.6) is 0 Å². The van der Waals surface area contributed by atoms with Gasteiger partial charge in [-0.05, 0) is 61.0 Å². The van der Waals surface area contributed by atoms with Crippen LogP contribution in [0.1, 0.15) is 15.9 Å². The Bertz CT molecular complexity index is 981. The van der Waals surface area contributed by atoms with Crippen molar-refractivity contribution >= 4 is 23.1 Å². The van der Waals surface area contributed by atoms with Crippen LogP contribution >= 0.6 is 0 Å². The third-order valence-electron chi connectivity index (χ3n) is 5.08. The molecule has 1 amide bonds. The maximum absolute atomic E-state index is 13.0. The maximum Gasteiger partial charge on any atom is 0.257 e. The molecule has 0 aliphatic carbocycles. The lowest BCUT2D eigenvalue weighted by Gasteiger charge is -2.36. The maximum atomic E-state index is 13.0. The highest BCUT2D eigenvalue weighted by atomic mass is 19.1. The summed E-state index contributed by atoms with van der Waals surface area (Å²) in [4.78, 5) is 21.4. The summed E-state index contributed by atoms with van der Waals surface area (Å²) in [6, 6.07) is 17.9. The molecule has 1 fully saturated rings. The predicted molar refractivity (Wildman–Crippen MR) is 114 cm³/mol. The predicted octanol–water partition coefficient (Wildman–Crippen LogP) is 4.11. The zero-order valence-corrected chi connectivity index (χ0v) is 16.3. The highest BCUT2D eigenvalue weighted by Gasteiger charge is 2.19. The smallest absolute Gasteiger partial charge is 0.257 e. The molecule has 1 saturated heterocycles. The normalized spacial score (nSPS) is 14.0. The third kappa shape index (κ3) is 4.54. The standard InChI is InChI=1S/C23H23FN4O/c1-17-3-2-4-21(15-17)27-11-13-28(14-12-27)22-10-5-18(16-25-22)23(29)26-20-8-6-19(24)7-9-20/h2-10,15-16H,11-14H2,1H3,(H,26,29). The van der Waals surface area contributed by atoms with Gasteiger partial charge in [0.15, 0.2) is 0 Å². The first-order chi connectivity index (χ1) is 14.1. The van der Waals surface area contributed by atoms with Crippen LogP contribution in [-0.2, 0) is 0 Å². The highest BCUT2D eigenvalue weighted by molar-refractivity contribution is 6.04. The fourth-order valence-electron chi connectivity index (χ4n) is 3.46. The molecule has 0 spiro atoms. The lowest BCUT2D eigenvalue weighted by atomic mass is 10.2. The number of nitrogens with one attached hydrogen (secondary N) is 1. The molecule has 0 atom stereocenters. The molecule has 1 aliphatic heterocycles. The lowest BCUT2D eigenvalue weighted by molar-refractivity contribution is 0.102. The molecule has 0 saturated carbocycles. The van der Waals surface area contributed by atoms with Crippen LogP contribution in [0.4, 0.5) is 21.6 Å². The quantitative estimate of drug-likeness (QED) is 0.728. The molecule has 0 unspecified atom stereocenters. The first-order valence-corrected chi connectivity index (χ1v) is 9.68. The number of carbonyl (C=O) groups is 1. The number of carbonyl (C=O) groups excluding carboxylic acids is 1. The number of nitrogens with zero attached hydrogens (tertiary/aromatic N) is 3. The fraction of sp³-hybridized carbons (Fsp3) is 0.217. The van der Waals surface area contributed by atoms with E-state index in [1.807, 2.05) is 6.07 Å². The number of piperazine rings is 1. The Labute approximate surface area is 169 Å². The van der Waals surface area contributed by atoms with E-state index in [0.717, 1.165) is 32.0 Å². The monoisotopic (exact) mass is 390 g/mol. The van der Waals surface area contributed by atoms with E-state index in [0.29, 0.717) is 11.3 Å². The van der Waals surface area contributed by atoms with Crippen molar-refractivity contribution in [1.82, 2.24) is 4.98 Å². The second kappa shape index (κ2) is 8.31. The summed E-state index contributed by atoms with van der Waals surface area (Å²) < 4.78 is 13.0. The molecule has 1 N–H and O–H groups in total. The SMILES string of the molecule is Cc1cccc(N2CCN(c3ccc(C(=O)Nc4ccc(F)cc4)cn3)CC2)c1. The summed E-state index contributed by atoms with van der Waals surface area (Å²) in [6.45, 7) is 5.72. The van der Waals surface area contributed by atoms with Gasteiger partial charge in [0.25, 0.3) is 5.91 Å². The van der Waals surface area contributed by atoms with E-state index in [1.165, 1.54) is 35.5 Å². The Kier molecular flexibility index (Phi) is 5.42. The number of rotatable bonds is 4. The number of aryl methyl sites for hydroxylation is 1. The molecule has 3 aromatic rings. The summed E-state index contributed by atoms with van der Waals surface area (Å²) in [5.41, 5.74) is 3.54. The van der Waals surface area contributed by atoms with E-state index in [4.69, 9.17) is 0 Å². The van der Waals surface area contributed by atoms with Crippen molar-refractivity contribution in [3.8, 4) is 0 Å². The number of benzene rings is 2. The van der Waals surface area contributed by atoms with Crippen LogP contribution in [0.25, 0.3) is 0 Å². The molecule has 5 nitrogen and oxygen atoms in total. The van der Waals surface area contributed by atoms with Crippen molar-refractivity contribution in [2.45, 2.75) is 6.92 Å². The second-order valence-corrected chi connectivity index (χ2v) is 7.18. The molecule has 148 valence electrons. The molecule has 2 heterocycles. The molecule has 2 aromatic carbocycles. The van der Waals surface area contributed by atoms with Crippen molar-refractivity contribution in [1.29, 1.82) is 0 Å². The van der Waals surface area contributed by atoms with Gasteiger partial charge in [0.2, 0.25) is 0 Å². The number of hydrogen-bond donors (Lipinski definition) is 1. The van der Waals surface area contributed by atoms with Gasteiger partial charge in [0.05, 0.1) is 5.56 Å². The van der Waals surface area contributed by atoms with E-state index in [9.17, 15) is 9.18 Å². The van der Waals surface area contributed by atoms with Gasteiger partial charge in [-0.25, -0.2) is 9.37 Å². The van der Waals surface area contributed by atoms with Gasteiger partial charge in [0, 0.05) is 43.8 Å². The van der Waals surface area contributed by atoms with Crippen molar-refractivity contribution in [2.75, 3.05) is 41.3 Å². The minimum Gasteiger partial charge on any atom is -0.368 e. The number of aromatic nitrogens is 1. The van der Waals surface area contributed by atoms with Crippen LogP contribution in [0, 0.1) is 12.7 Å². The zero-order chi connectivity index (χ0) is 20.2. The number of hydrogen-bond acceptors (Lipinski definition) is 4. The molecule has 29 heavy (non-hydrogen) atoms. The Morgan fingerprint density at radius 3 is 2.34 bits per heavy atom. The number of pyridine rings is 1. The zero-order valence-electron chi connectivity index (χ0n) is 16.3. The second-order valence-electron chi connectivity index (χ2n) is 7.18. The Morgan fingerprint density at radius 2 is 1.69 bits per heavy atom. The van der Waals surface area contributed by atoms with Crippen molar-refractivity contribution in [3.63, 3.8) is 0 Å². The highest BCUT2D eigenvalue weighted by Crippen LogP contribution is 2.20. The molecule has 4 rings (SSSR count). The van der Waals surface area contributed by atoms with E-state index < -0.39 is 0 Å². The molecule has 6 heteroatoms. The minimum atomic E-state index is -0.337. The first kappa shape index (κ1) is 18.9. The van der Waals surface area contributed by atoms with Crippen LogP contribution in [0.3, 0.4) is 0 Å². The Balaban J connectivity index is 1.36. The van der Waals surface area contributed by atoms with Crippen LogP contribution in [0.2, 0.25) is 0 Å². The van der Waals surface area contributed by atoms with E-state index in [1.54, 1.807) is 12.3 Å². The Morgan fingerprint density at radius 1 is 0.966 bits per heavy atom. The largest absolute Gasteiger partial charge is 0.368 e. The summed E-state index contributed by atoms with van der Waals surface area (Å²) in [5, 5.41) is 2.75. The number of amides is 1. The van der Waals surface area contributed by atoms with E-state index >= 15 is 0 Å². The summed E-state index contributed by atoms with van der Waals surface area (Å²) in [5.74, 6) is 0.267. The molecular formula is C23H23FN4O. The average molecular weight is 390 g/mol. The van der Waals surface area contributed by atoms with Gasteiger partial charge in [-0.2, -0.15) is 0 Å². The Hall–Kier alpha value is -3.41. The third-order valence-corrected chi connectivity index (χ3v) is 5.08. The molecule has 1 aliphatic rings. The molecule has 0 bridgehead atoms. The van der Waals surface area contributed by atoms with Gasteiger partial charge < -0.3 is 15.1 Å². The van der Waals surface area contributed by atoms with Crippen LogP contribution < -0.4 is 15.1 Å². The molecule has 1 aromatic heterocycles. The number of anilines is 3.